The van der Waals surface area contributed by atoms with Gasteiger partial charge in [0.1, 0.15) is 5.01 Å². The van der Waals surface area contributed by atoms with Gasteiger partial charge in [-0.15, -0.1) is 22.6 Å². The van der Waals surface area contributed by atoms with E-state index < -0.39 is 0 Å². The van der Waals surface area contributed by atoms with Crippen LogP contribution in [-0.4, -0.2) is 22.6 Å². The molecule has 22 heavy (non-hydrogen) atoms. The van der Waals surface area contributed by atoms with Crippen LogP contribution in [0, 0.1) is 11.3 Å². The van der Waals surface area contributed by atoms with Crippen molar-refractivity contribution in [3.05, 3.63) is 5.01 Å². The molecule has 0 aromatic carbocycles. The van der Waals surface area contributed by atoms with Gasteiger partial charge in [0.25, 0.3) is 0 Å². The minimum absolute atomic E-state index is 0. The van der Waals surface area contributed by atoms with E-state index >= 15 is 0 Å². The Hall–Kier alpha value is -0.720. The van der Waals surface area contributed by atoms with Crippen LogP contribution in [-0.2, 0) is 11.2 Å². The van der Waals surface area contributed by atoms with Crippen molar-refractivity contribution >= 4 is 34.8 Å². The Morgan fingerprint density at radius 2 is 2.00 bits per heavy atom. The Morgan fingerprint density at radius 3 is 2.59 bits per heavy atom. The fourth-order valence-corrected chi connectivity index (χ4v) is 3.96. The van der Waals surface area contributed by atoms with E-state index in [4.69, 9.17) is 5.73 Å². The second kappa shape index (κ2) is 8.79. The highest BCUT2D eigenvalue weighted by Gasteiger charge is 2.33. The molecule has 1 heterocycles. The minimum Gasteiger partial charge on any atom is -0.330 e. The first-order valence-corrected chi connectivity index (χ1v) is 8.67. The monoisotopic (exact) mass is 346 g/mol. The van der Waals surface area contributed by atoms with E-state index in [1.54, 1.807) is 0 Å². The molecular formula is C15H27ClN4OS. The molecule has 1 fully saturated rings. The zero-order chi connectivity index (χ0) is 15.3. The molecule has 1 aromatic rings. The van der Waals surface area contributed by atoms with Gasteiger partial charge in [-0.05, 0) is 30.7 Å². The smallest absolute Gasteiger partial charge is 0.226 e. The first kappa shape index (κ1) is 19.3. The molecule has 1 aliphatic rings. The molecule has 0 atom stereocenters. The summed E-state index contributed by atoms with van der Waals surface area (Å²) in [5.74, 6) is 0.568. The summed E-state index contributed by atoms with van der Waals surface area (Å²) in [6, 6.07) is 0. The van der Waals surface area contributed by atoms with Crippen LogP contribution in [0.15, 0.2) is 0 Å². The first-order valence-electron chi connectivity index (χ1n) is 7.85. The van der Waals surface area contributed by atoms with Gasteiger partial charge < -0.3 is 11.1 Å². The highest BCUT2D eigenvalue weighted by atomic mass is 35.5. The fourth-order valence-electron chi connectivity index (χ4n) is 2.99. The highest BCUT2D eigenvalue weighted by molar-refractivity contribution is 7.15. The molecule has 126 valence electrons. The zero-order valence-corrected chi connectivity index (χ0v) is 15.1. The van der Waals surface area contributed by atoms with E-state index in [0.717, 1.165) is 24.3 Å². The molecular weight excluding hydrogens is 320 g/mol. The van der Waals surface area contributed by atoms with E-state index in [1.165, 1.54) is 30.6 Å². The van der Waals surface area contributed by atoms with Crippen molar-refractivity contribution < 1.29 is 4.79 Å². The summed E-state index contributed by atoms with van der Waals surface area (Å²) >= 11 is 1.47. The predicted molar refractivity (Wildman–Crippen MR) is 93.5 cm³/mol. The van der Waals surface area contributed by atoms with E-state index in [2.05, 4.69) is 29.4 Å². The van der Waals surface area contributed by atoms with Crippen LogP contribution in [0.2, 0.25) is 0 Å². The standard InChI is InChI=1S/C15H26N4OS.ClH/c1-11(2)8-13-18-19-14(21-13)17-12(20)9-15(10-16)6-4-3-5-7-15;/h11H,3-10,16H2,1-2H3,(H,17,19,20);1H. The number of nitrogens with two attached hydrogens (primary N) is 1. The van der Waals surface area contributed by atoms with Crippen molar-refractivity contribution in [2.24, 2.45) is 17.1 Å². The Kier molecular flexibility index (Phi) is 7.72. The normalized spacial score (nSPS) is 17.1. The molecule has 5 nitrogen and oxygen atoms in total. The average Bonchev–Trinajstić information content (AvgIpc) is 2.85. The predicted octanol–water partition coefficient (Wildman–Crippen LogP) is 3.40. The van der Waals surface area contributed by atoms with Gasteiger partial charge in [0, 0.05) is 12.8 Å². The van der Waals surface area contributed by atoms with Gasteiger partial charge in [-0.25, -0.2) is 0 Å². The molecule has 3 N–H and O–H groups in total. The summed E-state index contributed by atoms with van der Waals surface area (Å²) in [6.45, 7) is 4.89. The number of anilines is 1. The number of carbonyl (C=O) groups is 1. The Morgan fingerprint density at radius 1 is 1.32 bits per heavy atom. The number of halogens is 1. The zero-order valence-electron chi connectivity index (χ0n) is 13.4. The summed E-state index contributed by atoms with van der Waals surface area (Å²) in [5, 5.41) is 12.7. The molecule has 0 saturated heterocycles. The number of amides is 1. The second-order valence-corrected chi connectivity index (χ2v) is 7.65. The first-order chi connectivity index (χ1) is 10.0. The van der Waals surface area contributed by atoms with Gasteiger partial charge in [-0.3, -0.25) is 4.79 Å². The van der Waals surface area contributed by atoms with Crippen molar-refractivity contribution in [2.45, 2.75) is 58.8 Å². The maximum atomic E-state index is 12.2. The maximum absolute atomic E-state index is 12.2. The van der Waals surface area contributed by atoms with Crippen LogP contribution in [0.3, 0.4) is 0 Å². The lowest BCUT2D eigenvalue weighted by atomic mass is 9.72. The Labute approximate surface area is 142 Å². The van der Waals surface area contributed by atoms with E-state index in [9.17, 15) is 4.79 Å². The summed E-state index contributed by atoms with van der Waals surface area (Å²) < 4.78 is 0. The molecule has 0 bridgehead atoms. The van der Waals surface area contributed by atoms with Crippen LogP contribution < -0.4 is 11.1 Å². The van der Waals surface area contributed by atoms with Crippen molar-refractivity contribution in [1.82, 2.24) is 10.2 Å². The third-order valence-electron chi connectivity index (χ3n) is 4.18. The molecule has 0 spiro atoms. The number of nitrogens with zero attached hydrogens (tertiary/aromatic N) is 2. The quantitative estimate of drug-likeness (QED) is 0.827. The molecule has 1 aliphatic carbocycles. The van der Waals surface area contributed by atoms with Crippen molar-refractivity contribution in [1.29, 1.82) is 0 Å². The Balaban J connectivity index is 0.00000242. The van der Waals surface area contributed by atoms with Gasteiger partial charge >= 0.3 is 0 Å². The molecule has 0 unspecified atom stereocenters. The van der Waals surface area contributed by atoms with Crippen molar-refractivity contribution in [3.63, 3.8) is 0 Å². The molecule has 0 radical (unpaired) electrons. The maximum Gasteiger partial charge on any atom is 0.226 e. The van der Waals surface area contributed by atoms with Crippen LogP contribution in [0.25, 0.3) is 0 Å². The molecule has 1 aromatic heterocycles. The summed E-state index contributed by atoms with van der Waals surface area (Å²) in [6.07, 6.45) is 7.15. The fraction of sp³-hybridized carbons (Fsp3) is 0.800. The number of hydrogen-bond donors (Lipinski definition) is 2. The SMILES string of the molecule is CC(C)Cc1nnc(NC(=O)CC2(CN)CCCCC2)s1.Cl. The molecule has 0 aliphatic heterocycles. The number of hydrogen-bond acceptors (Lipinski definition) is 5. The molecule has 1 saturated carbocycles. The van der Waals surface area contributed by atoms with Gasteiger partial charge in [0.15, 0.2) is 0 Å². The van der Waals surface area contributed by atoms with Gasteiger partial charge in [-0.1, -0.05) is 44.4 Å². The lowest BCUT2D eigenvalue weighted by molar-refractivity contribution is -0.118. The third kappa shape index (κ3) is 5.48. The van der Waals surface area contributed by atoms with E-state index in [1.807, 2.05) is 0 Å². The summed E-state index contributed by atoms with van der Waals surface area (Å²) in [7, 11) is 0. The van der Waals surface area contributed by atoms with Crippen LogP contribution in [0.1, 0.15) is 57.4 Å². The summed E-state index contributed by atoms with van der Waals surface area (Å²) in [5.41, 5.74) is 5.93. The van der Waals surface area contributed by atoms with Gasteiger partial charge in [0.2, 0.25) is 11.0 Å². The minimum atomic E-state index is -0.00617. The lowest BCUT2D eigenvalue weighted by Gasteiger charge is -2.35. The van der Waals surface area contributed by atoms with Gasteiger partial charge in [-0.2, -0.15) is 0 Å². The second-order valence-electron chi connectivity index (χ2n) is 6.59. The molecule has 7 heteroatoms. The number of aromatic nitrogens is 2. The van der Waals surface area contributed by atoms with E-state index in [0.29, 0.717) is 24.0 Å². The largest absolute Gasteiger partial charge is 0.330 e. The van der Waals surface area contributed by atoms with Crippen molar-refractivity contribution in [2.75, 3.05) is 11.9 Å². The number of nitrogens with one attached hydrogen (secondary N) is 1. The lowest BCUT2D eigenvalue weighted by Crippen LogP contribution is -2.36. The molecule has 1 amide bonds. The third-order valence-corrected chi connectivity index (χ3v) is 5.04. The highest BCUT2D eigenvalue weighted by Crippen LogP contribution is 2.38. The average molecular weight is 347 g/mol. The van der Waals surface area contributed by atoms with E-state index in [-0.39, 0.29) is 23.7 Å². The molecule has 2 rings (SSSR count). The van der Waals surface area contributed by atoms with Crippen LogP contribution in [0.5, 0.6) is 0 Å². The topological polar surface area (TPSA) is 80.9 Å². The van der Waals surface area contributed by atoms with Gasteiger partial charge in [0.05, 0.1) is 0 Å². The summed E-state index contributed by atoms with van der Waals surface area (Å²) in [4.78, 5) is 12.2. The number of carbonyl (C=O) groups excluding carboxylic acids is 1. The Bertz CT molecular complexity index is 472. The van der Waals surface area contributed by atoms with Crippen molar-refractivity contribution in [3.8, 4) is 0 Å². The number of rotatable bonds is 6. The van der Waals surface area contributed by atoms with Crippen LogP contribution in [0.4, 0.5) is 5.13 Å². The van der Waals surface area contributed by atoms with Crippen LogP contribution >= 0.6 is 23.7 Å².